The van der Waals surface area contributed by atoms with Crippen LogP contribution in [0.3, 0.4) is 0 Å². The summed E-state index contributed by atoms with van der Waals surface area (Å²) in [6.07, 6.45) is 0.253. The highest BCUT2D eigenvalue weighted by atomic mass is 35.5. The summed E-state index contributed by atoms with van der Waals surface area (Å²) in [5.74, 6) is -0.459. The summed E-state index contributed by atoms with van der Waals surface area (Å²) in [7, 11) is -3.79. The van der Waals surface area contributed by atoms with Gasteiger partial charge in [-0.2, -0.15) is 8.42 Å². The van der Waals surface area contributed by atoms with Crippen molar-refractivity contribution in [3.63, 3.8) is 0 Å². The van der Waals surface area contributed by atoms with E-state index in [9.17, 15) is 12.8 Å². The van der Waals surface area contributed by atoms with Crippen LogP contribution in [0.2, 0.25) is 5.02 Å². The smallest absolute Gasteiger partial charge is 0.266 e. The van der Waals surface area contributed by atoms with Crippen molar-refractivity contribution < 1.29 is 17.0 Å². The Kier molecular flexibility index (Phi) is 4.98. The second-order valence-corrected chi connectivity index (χ2v) is 6.67. The molecule has 0 aromatic heterocycles. The topological polar surface area (TPSA) is 43.4 Å². The van der Waals surface area contributed by atoms with Gasteiger partial charge in [-0.05, 0) is 49.2 Å². The van der Waals surface area contributed by atoms with Gasteiger partial charge >= 0.3 is 0 Å². The molecule has 0 spiro atoms. The molecule has 0 aliphatic carbocycles. The third-order valence-electron chi connectivity index (χ3n) is 2.86. The Hall–Kier alpha value is -1.43. The van der Waals surface area contributed by atoms with Crippen molar-refractivity contribution >= 4 is 21.7 Å². The Morgan fingerprint density at radius 3 is 2.43 bits per heavy atom. The molecule has 0 amide bonds. The lowest BCUT2D eigenvalue weighted by molar-refractivity contribution is 0.322. The molecule has 2 aromatic rings. The summed E-state index contributed by atoms with van der Waals surface area (Å²) < 4.78 is 42.0. The number of rotatable bonds is 5. The lowest BCUT2D eigenvalue weighted by Gasteiger charge is -2.06. The zero-order valence-corrected chi connectivity index (χ0v) is 12.9. The van der Waals surface area contributed by atoms with Crippen molar-refractivity contribution in [2.75, 3.05) is 6.61 Å². The first kappa shape index (κ1) is 15.9. The minimum atomic E-state index is -3.79. The maximum absolute atomic E-state index is 13.1. The molecule has 0 heterocycles. The van der Waals surface area contributed by atoms with E-state index in [2.05, 4.69) is 0 Å². The number of aryl methyl sites for hydroxylation is 1. The average molecular weight is 329 g/mol. The summed E-state index contributed by atoms with van der Waals surface area (Å²) in [5, 5.41) is 0.270. The minimum Gasteiger partial charge on any atom is -0.266 e. The molecular formula is C15H14ClFO3S. The zero-order chi connectivity index (χ0) is 15.5. The van der Waals surface area contributed by atoms with E-state index in [0.717, 1.165) is 5.56 Å². The molecule has 2 rings (SSSR count). The van der Waals surface area contributed by atoms with Crippen molar-refractivity contribution in [2.24, 2.45) is 0 Å². The SMILES string of the molecule is Cc1ccc(S(=O)(=O)OCCc2cc(F)cc(Cl)c2)cc1. The van der Waals surface area contributed by atoms with Gasteiger partial charge in [0.05, 0.1) is 11.5 Å². The molecule has 0 bridgehead atoms. The van der Waals surface area contributed by atoms with Crippen molar-refractivity contribution in [1.29, 1.82) is 0 Å². The average Bonchev–Trinajstić information content (AvgIpc) is 2.37. The van der Waals surface area contributed by atoms with E-state index in [-0.39, 0.29) is 22.9 Å². The normalized spacial score (nSPS) is 11.6. The van der Waals surface area contributed by atoms with E-state index in [1.54, 1.807) is 18.2 Å². The second kappa shape index (κ2) is 6.56. The van der Waals surface area contributed by atoms with Gasteiger partial charge in [0.2, 0.25) is 0 Å². The van der Waals surface area contributed by atoms with Gasteiger partial charge in [-0.1, -0.05) is 29.3 Å². The first-order chi connectivity index (χ1) is 9.87. The number of hydrogen-bond donors (Lipinski definition) is 0. The predicted molar refractivity (Wildman–Crippen MR) is 79.4 cm³/mol. The van der Waals surface area contributed by atoms with Crippen LogP contribution in [0.1, 0.15) is 11.1 Å². The summed E-state index contributed by atoms with van der Waals surface area (Å²) in [5.41, 5.74) is 1.54. The number of benzene rings is 2. The molecule has 6 heteroatoms. The summed E-state index contributed by atoms with van der Waals surface area (Å²) in [6, 6.07) is 10.4. The fourth-order valence-electron chi connectivity index (χ4n) is 1.80. The second-order valence-electron chi connectivity index (χ2n) is 4.62. The molecule has 0 radical (unpaired) electrons. The molecule has 21 heavy (non-hydrogen) atoms. The van der Waals surface area contributed by atoms with Crippen LogP contribution in [0, 0.1) is 12.7 Å². The summed E-state index contributed by atoms with van der Waals surface area (Å²) in [6.45, 7) is 1.79. The molecule has 112 valence electrons. The van der Waals surface area contributed by atoms with Crippen LogP contribution in [-0.2, 0) is 20.7 Å². The van der Waals surface area contributed by atoms with E-state index in [0.29, 0.717) is 5.56 Å². The molecule has 3 nitrogen and oxygen atoms in total. The van der Waals surface area contributed by atoms with Gasteiger partial charge in [0.15, 0.2) is 0 Å². The quantitative estimate of drug-likeness (QED) is 0.785. The van der Waals surface area contributed by atoms with E-state index >= 15 is 0 Å². The number of halogens is 2. The largest absolute Gasteiger partial charge is 0.296 e. The predicted octanol–water partition coefficient (Wildman–Crippen LogP) is 3.74. The lowest BCUT2D eigenvalue weighted by Crippen LogP contribution is -2.09. The Labute approximate surface area is 128 Å². The van der Waals surface area contributed by atoms with Gasteiger partial charge in [-0.25, -0.2) is 4.39 Å². The Bertz CT molecular complexity index is 707. The van der Waals surface area contributed by atoms with Crippen LogP contribution >= 0.6 is 11.6 Å². The highest BCUT2D eigenvalue weighted by Crippen LogP contribution is 2.16. The molecular weight excluding hydrogens is 315 g/mol. The van der Waals surface area contributed by atoms with Gasteiger partial charge in [-0.15, -0.1) is 0 Å². The molecule has 0 fully saturated rings. The molecule has 2 aromatic carbocycles. The monoisotopic (exact) mass is 328 g/mol. The molecule has 0 atom stereocenters. The van der Waals surface area contributed by atoms with Gasteiger partial charge in [-0.3, -0.25) is 4.18 Å². The van der Waals surface area contributed by atoms with E-state index in [1.165, 1.54) is 24.3 Å². The van der Waals surface area contributed by atoms with Crippen LogP contribution in [0.5, 0.6) is 0 Å². The van der Waals surface area contributed by atoms with Crippen molar-refractivity contribution in [3.05, 3.63) is 64.4 Å². The van der Waals surface area contributed by atoms with E-state index in [1.807, 2.05) is 6.92 Å². The minimum absolute atomic E-state index is 0.0734. The van der Waals surface area contributed by atoms with Gasteiger partial charge < -0.3 is 0 Å². The fourth-order valence-corrected chi connectivity index (χ4v) is 2.95. The maximum Gasteiger partial charge on any atom is 0.296 e. The van der Waals surface area contributed by atoms with Crippen molar-refractivity contribution in [2.45, 2.75) is 18.2 Å². The highest BCUT2D eigenvalue weighted by molar-refractivity contribution is 7.86. The van der Waals surface area contributed by atoms with Crippen LogP contribution in [0.15, 0.2) is 47.4 Å². The standard InChI is InChI=1S/C15H14ClFO3S/c1-11-2-4-15(5-3-11)21(18,19)20-7-6-12-8-13(16)10-14(17)9-12/h2-5,8-10H,6-7H2,1H3. The van der Waals surface area contributed by atoms with Crippen LogP contribution < -0.4 is 0 Å². The summed E-state index contributed by atoms with van der Waals surface area (Å²) in [4.78, 5) is 0.102. The molecule has 0 N–H and O–H groups in total. The van der Waals surface area contributed by atoms with Gasteiger partial charge in [0.1, 0.15) is 5.82 Å². The van der Waals surface area contributed by atoms with Crippen molar-refractivity contribution in [1.82, 2.24) is 0 Å². The fraction of sp³-hybridized carbons (Fsp3) is 0.200. The Balaban J connectivity index is 2.00. The summed E-state index contributed by atoms with van der Waals surface area (Å²) >= 11 is 5.73. The molecule has 0 saturated heterocycles. The molecule has 0 saturated carbocycles. The third kappa shape index (κ3) is 4.52. The van der Waals surface area contributed by atoms with Crippen LogP contribution in [0.4, 0.5) is 4.39 Å². The van der Waals surface area contributed by atoms with Gasteiger partial charge in [0, 0.05) is 5.02 Å². The van der Waals surface area contributed by atoms with Crippen LogP contribution in [0.25, 0.3) is 0 Å². The van der Waals surface area contributed by atoms with Crippen LogP contribution in [-0.4, -0.2) is 15.0 Å². The molecule has 0 aliphatic rings. The highest BCUT2D eigenvalue weighted by Gasteiger charge is 2.14. The first-order valence-electron chi connectivity index (χ1n) is 6.28. The van der Waals surface area contributed by atoms with Gasteiger partial charge in [0.25, 0.3) is 10.1 Å². The van der Waals surface area contributed by atoms with E-state index < -0.39 is 15.9 Å². The van der Waals surface area contributed by atoms with Crippen molar-refractivity contribution in [3.8, 4) is 0 Å². The molecule has 0 unspecified atom stereocenters. The van der Waals surface area contributed by atoms with E-state index in [4.69, 9.17) is 15.8 Å². The Morgan fingerprint density at radius 1 is 1.14 bits per heavy atom. The Morgan fingerprint density at radius 2 is 1.81 bits per heavy atom. The maximum atomic E-state index is 13.1. The molecule has 0 aliphatic heterocycles. The zero-order valence-electron chi connectivity index (χ0n) is 11.3. The first-order valence-corrected chi connectivity index (χ1v) is 8.06. The third-order valence-corrected chi connectivity index (χ3v) is 4.41. The lowest BCUT2D eigenvalue weighted by atomic mass is 10.1. The number of hydrogen-bond acceptors (Lipinski definition) is 3.